The number of amidine groups is 1. The van der Waals surface area contributed by atoms with E-state index in [1.54, 1.807) is 37.4 Å². The molecule has 0 saturated carbocycles. The van der Waals surface area contributed by atoms with E-state index < -0.39 is 5.97 Å². The van der Waals surface area contributed by atoms with Crippen LogP contribution >= 0.6 is 23.4 Å². The molecule has 1 saturated heterocycles. The maximum absolute atomic E-state index is 12.7. The Balaban J connectivity index is 1.89. The van der Waals surface area contributed by atoms with Crippen LogP contribution in [-0.2, 0) is 4.79 Å². The highest BCUT2D eigenvalue weighted by atomic mass is 35.5. The number of benzene rings is 2. The maximum atomic E-state index is 12.7. The minimum Gasteiger partial charge on any atom is -0.490 e. The number of likely N-dealkylation sites (N-methyl/N-ethyl adjacent to an activating group) is 1. The van der Waals surface area contributed by atoms with Crippen molar-refractivity contribution in [2.24, 2.45) is 4.99 Å². The molecule has 0 atom stereocenters. The summed E-state index contributed by atoms with van der Waals surface area (Å²) in [5.74, 6) is 1.92. The summed E-state index contributed by atoms with van der Waals surface area (Å²) in [5, 5.41) is 9.79. The first-order valence-corrected chi connectivity index (χ1v) is 10.7. The molecule has 7 nitrogen and oxygen atoms in total. The lowest BCUT2D eigenvalue weighted by molar-refractivity contribution is -0.121. The monoisotopic (exact) mass is 470 g/mol. The Morgan fingerprint density at radius 2 is 2.03 bits per heavy atom. The molecule has 2 aromatic carbocycles. The Morgan fingerprint density at radius 1 is 1.31 bits per heavy atom. The summed E-state index contributed by atoms with van der Waals surface area (Å²) in [5.41, 5.74) is 1.35. The van der Waals surface area contributed by atoms with E-state index in [4.69, 9.17) is 32.6 Å². The average Bonchev–Trinajstić information content (AvgIpc) is 3.01. The Morgan fingerprint density at radius 3 is 2.66 bits per heavy atom. The molecule has 0 radical (unpaired) electrons. The third-order valence-corrected chi connectivity index (χ3v) is 5.61. The Labute approximate surface area is 194 Å². The van der Waals surface area contributed by atoms with Crippen LogP contribution in [0.1, 0.15) is 22.8 Å². The fourth-order valence-corrected chi connectivity index (χ4v) is 4.04. The normalized spacial score (nSPS) is 15.8. The second-order valence-electron chi connectivity index (χ2n) is 6.48. The number of ether oxygens (including phenoxy) is 2. The molecule has 0 aliphatic carbocycles. The SMILES string of the molecule is C#CCOc1c(Cl)cc(/C=C2\SC(=Nc3ccc(C(=O)O)cc3)N(C)C2=O)cc1OCC. The maximum Gasteiger partial charge on any atom is 0.335 e. The van der Waals surface area contributed by atoms with Crippen molar-refractivity contribution in [2.75, 3.05) is 20.3 Å². The van der Waals surface area contributed by atoms with Crippen molar-refractivity contribution in [1.29, 1.82) is 0 Å². The van der Waals surface area contributed by atoms with Crippen LogP contribution in [0.4, 0.5) is 5.69 Å². The topological polar surface area (TPSA) is 88.4 Å². The van der Waals surface area contributed by atoms with Gasteiger partial charge in [0, 0.05) is 7.05 Å². The summed E-state index contributed by atoms with van der Waals surface area (Å²) >= 11 is 7.56. The van der Waals surface area contributed by atoms with E-state index in [9.17, 15) is 9.59 Å². The van der Waals surface area contributed by atoms with Gasteiger partial charge in [-0.25, -0.2) is 9.79 Å². The van der Waals surface area contributed by atoms with Gasteiger partial charge in [-0.15, -0.1) is 6.42 Å². The van der Waals surface area contributed by atoms with Crippen LogP contribution in [0, 0.1) is 12.3 Å². The second kappa shape index (κ2) is 10.3. The molecule has 9 heteroatoms. The molecule has 1 fully saturated rings. The molecule has 164 valence electrons. The van der Waals surface area contributed by atoms with Crippen LogP contribution in [0.25, 0.3) is 6.08 Å². The van der Waals surface area contributed by atoms with Gasteiger partial charge in [-0.05, 0) is 66.7 Å². The van der Waals surface area contributed by atoms with Crippen LogP contribution in [0.3, 0.4) is 0 Å². The number of halogens is 1. The number of hydrogen-bond donors (Lipinski definition) is 1. The number of rotatable bonds is 7. The Kier molecular flexibility index (Phi) is 7.46. The van der Waals surface area contributed by atoms with E-state index >= 15 is 0 Å². The number of thioether (sulfide) groups is 1. The highest BCUT2D eigenvalue weighted by Crippen LogP contribution is 2.39. The minimum absolute atomic E-state index is 0.0482. The number of nitrogens with zero attached hydrogens (tertiary/aromatic N) is 2. The number of carbonyl (C=O) groups is 2. The molecule has 1 aliphatic rings. The minimum atomic E-state index is -1.02. The van der Waals surface area contributed by atoms with Crippen LogP contribution in [-0.4, -0.2) is 47.3 Å². The molecule has 2 aromatic rings. The van der Waals surface area contributed by atoms with Crippen LogP contribution in [0.15, 0.2) is 46.3 Å². The molecule has 32 heavy (non-hydrogen) atoms. The van der Waals surface area contributed by atoms with Gasteiger partial charge in [0.2, 0.25) is 0 Å². The molecule has 0 aromatic heterocycles. The first-order valence-electron chi connectivity index (χ1n) is 9.46. The van der Waals surface area contributed by atoms with Crippen molar-refractivity contribution in [3.63, 3.8) is 0 Å². The molecule has 0 bridgehead atoms. The molecule has 1 heterocycles. The van der Waals surface area contributed by atoms with Crippen molar-refractivity contribution in [1.82, 2.24) is 4.90 Å². The first kappa shape index (κ1) is 23.3. The number of amides is 1. The van der Waals surface area contributed by atoms with E-state index in [1.807, 2.05) is 6.92 Å². The quantitative estimate of drug-likeness (QED) is 0.466. The number of aliphatic imine (C=N–C) groups is 1. The lowest BCUT2D eigenvalue weighted by Gasteiger charge is -2.13. The lowest BCUT2D eigenvalue weighted by atomic mass is 10.1. The largest absolute Gasteiger partial charge is 0.490 e. The molecule has 3 rings (SSSR count). The van der Waals surface area contributed by atoms with Crippen LogP contribution in [0.2, 0.25) is 5.02 Å². The summed E-state index contributed by atoms with van der Waals surface area (Å²) in [6.07, 6.45) is 6.95. The molecule has 0 unspecified atom stereocenters. The predicted octanol–water partition coefficient (Wildman–Crippen LogP) is 4.68. The Bertz CT molecular complexity index is 1150. The fourth-order valence-electron chi connectivity index (χ4n) is 2.78. The number of carbonyl (C=O) groups excluding carboxylic acids is 1. The van der Waals surface area contributed by atoms with Gasteiger partial charge in [0.05, 0.1) is 27.8 Å². The number of aromatic carboxylic acids is 1. The zero-order valence-electron chi connectivity index (χ0n) is 17.3. The molecule has 1 amide bonds. The molecular formula is C23H19ClN2O5S. The van der Waals surface area contributed by atoms with Gasteiger partial charge < -0.3 is 14.6 Å². The number of carboxylic acids is 1. The standard InChI is InChI=1S/C23H19ClN2O5S/c1-4-10-31-20-17(24)11-14(12-18(20)30-5-2)13-19-21(27)26(3)23(32-19)25-16-8-6-15(7-9-16)22(28)29/h1,6-9,11-13H,5,10H2,2-3H3,(H,28,29)/b19-13-,25-23?. The van der Waals surface area contributed by atoms with Gasteiger partial charge in [0.1, 0.15) is 6.61 Å². The summed E-state index contributed by atoms with van der Waals surface area (Å²) < 4.78 is 11.1. The first-order chi connectivity index (χ1) is 15.3. The van der Waals surface area contributed by atoms with Gasteiger partial charge in [-0.2, -0.15) is 0 Å². The van der Waals surface area contributed by atoms with Crippen molar-refractivity contribution < 1.29 is 24.2 Å². The number of terminal acetylenes is 1. The molecule has 1 aliphatic heterocycles. The zero-order chi connectivity index (χ0) is 23.3. The molecule has 1 N–H and O–H groups in total. The van der Waals surface area contributed by atoms with Crippen LogP contribution < -0.4 is 9.47 Å². The predicted molar refractivity (Wildman–Crippen MR) is 126 cm³/mol. The third kappa shape index (κ3) is 5.25. The zero-order valence-corrected chi connectivity index (χ0v) is 18.9. The average molecular weight is 471 g/mol. The summed E-state index contributed by atoms with van der Waals surface area (Å²) in [6, 6.07) is 9.47. The van der Waals surface area contributed by atoms with E-state index in [0.29, 0.717) is 44.5 Å². The van der Waals surface area contributed by atoms with Gasteiger partial charge >= 0.3 is 5.97 Å². The van der Waals surface area contributed by atoms with E-state index in [-0.39, 0.29) is 18.1 Å². The van der Waals surface area contributed by atoms with Crippen LogP contribution in [0.5, 0.6) is 11.5 Å². The van der Waals surface area contributed by atoms with Crippen molar-refractivity contribution >= 4 is 52.2 Å². The van der Waals surface area contributed by atoms with E-state index in [2.05, 4.69) is 10.9 Å². The van der Waals surface area contributed by atoms with Gasteiger partial charge in [0.25, 0.3) is 5.91 Å². The summed E-state index contributed by atoms with van der Waals surface area (Å²) in [7, 11) is 1.62. The molecule has 0 spiro atoms. The fraction of sp³-hybridized carbons (Fsp3) is 0.174. The van der Waals surface area contributed by atoms with Gasteiger partial charge in [0.15, 0.2) is 16.7 Å². The third-order valence-electron chi connectivity index (χ3n) is 4.27. The van der Waals surface area contributed by atoms with Gasteiger partial charge in [-0.3, -0.25) is 9.69 Å². The Hall–Kier alpha value is -3.41. The molecular weight excluding hydrogens is 452 g/mol. The summed E-state index contributed by atoms with van der Waals surface area (Å²) in [6.45, 7) is 2.28. The van der Waals surface area contributed by atoms with Gasteiger partial charge in [-0.1, -0.05) is 17.5 Å². The van der Waals surface area contributed by atoms with E-state index in [1.165, 1.54) is 28.8 Å². The highest BCUT2D eigenvalue weighted by molar-refractivity contribution is 8.18. The van der Waals surface area contributed by atoms with E-state index in [0.717, 1.165) is 0 Å². The number of hydrogen-bond acceptors (Lipinski definition) is 6. The number of carboxylic acid groups (broad SMARTS) is 1. The second-order valence-corrected chi connectivity index (χ2v) is 7.89. The smallest absolute Gasteiger partial charge is 0.335 e. The van der Waals surface area contributed by atoms with Crippen molar-refractivity contribution in [2.45, 2.75) is 6.92 Å². The highest BCUT2D eigenvalue weighted by Gasteiger charge is 2.30. The lowest BCUT2D eigenvalue weighted by Crippen LogP contribution is -2.23. The van der Waals surface area contributed by atoms with Crippen molar-refractivity contribution in [3.8, 4) is 23.8 Å². The summed E-state index contributed by atoms with van der Waals surface area (Å²) in [4.78, 5) is 30.1. The van der Waals surface area contributed by atoms with Crippen molar-refractivity contribution in [3.05, 3.63) is 57.5 Å².